The number of aromatic nitrogens is 2. The van der Waals surface area contributed by atoms with Crippen LogP contribution in [0.15, 0.2) is 6.07 Å². The number of anilines is 3. The molecule has 7 heteroatoms. The van der Waals surface area contributed by atoms with Gasteiger partial charge >= 0.3 is 0 Å². The zero-order valence-electron chi connectivity index (χ0n) is 9.43. The Kier molecular flexibility index (Phi) is 4.48. The summed E-state index contributed by atoms with van der Waals surface area (Å²) in [5, 5.41) is 3.13. The summed E-state index contributed by atoms with van der Waals surface area (Å²) >= 11 is 0. The molecule has 5 N–H and O–H groups in total. The number of nitrogen functional groups attached to an aromatic ring is 2. The Morgan fingerprint density at radius 1 is 1.50 bits per heavy atom. The maximum atomic E-state index is 10.9. The quantitative estimate of drug-likeness (QED) is 0.682. The van der Waals surface area contributed by atoms with Gasteiger partial charge in [0.2, 0.25) is 5.95 Å². The molecule has 1 aromatic heterocycles. The standard InChI is InChI=1S/C9H17N5OS/c1-6(3-4-16(2)15)12-8-5-7(10)13-9(11)14-8/h5-6H,3-4H2,1-2H3,(H5,10,11,12,13,14). The van der Waals surface area contributed by atoms with E-state index in [1.807, 2.05) is 6.92 Å². The fourth-order valence-corrected chi connectivity index (χ4v) is 1.91. The molecule has 1 aromatic rings. The van der Waals surface area contributed by atoms with Crippen LogP contribution in [0.5, 0.6) is 0 Å². The molecule has 1 heterocycles. The van der Waals surface area contributed by atoms with Gasteiger partial charge in [0, 0.05) is 34.9 Å². The molecular formula is C9H17N5OS. The molecule has 0 fully saturated rings. The second-order valence-electron chi connectivity index (χ2n) is 3.65. The van der Waals surface area contributed by atoms with Crippen molar-refractivity contribution in [2.75, 3.05) is 28.8 Å². The molecule has 1 rings (SSSR count). The molecule has 0 saturated heterocycles. The predicted molar refractivity (Wildman–Crippen MR) is 67.5 cm³/mol. The summed E-state index contributed by atoms with van der Waals surface area (Å²) in [6.45, 7) is 1.99. The zero-order valence-corrected chi connectivity index (χ0v) is 10.3. The SMILES string of the molecule is CC(CCS(C)=O)Nc1cc(N)nc(N)n1. The van der Waals surface area contributed by atoms with E-state index in [4.69, 9.17) is 11.5 Å². The number of nitrogens with zero attached hydrogens (tertiary/aromatic N) is 2. The topological polar surface area (TPSA) is 107 Å². The van der Waals surface area contributed by atoms with Crippen LogP contribution in [0.4, 0.5) is 17.6 Å². The highest BCUT2D eigenvalue weighted by molar-refractivity contribution is 7.84. The van der Waals surface area contributed by atoms with Gasteiger partial charge < -0.3 is 16.8 Å². The Balaban J connectivity index is 2.55. The average molecular weight is 243 g/mol. The molecule has 0 bridgehead atoms. The number of nitrogens with two attached hydrogens (primary N) is 2. The van der Waals surface area contributed by atoms with Crippen LogP contribution in [-0.2, 0) is 10.8 Å². The number of nitrogens with one attached hydrogen (secondary N) is 1. The molecule has 0 aliphatic heterocycles. The van der Waals surface area contributed by atoms with Crippen molar-refractivity contribution in [2.45, 2.75) is 19.4 Å². The van der Waals surface area contributed by atoms with Gasteiger partial charge in [-0.3, -0.25) is 4.21 Å². The van der Waals surface area contributed by atoms with Gasteiger partial charge in [-0.05, 0) is 13.3 Å². The number of hydrogen-bond donors (Lipinski definition) is 3. The van der Waals surface area contributed by atoms with Gasteiger partial charge in [0.1, 0.15) is 11.6 Å². The van der Waals surface area contributed by atoms with E-state index in [0.29, 0.717) is 17.4 Å². The van der Waals surface area contributed by atoms with Crippen LogP contribution in [0.1, 0.15) is 13.3 Å². The summed E-state index contributed by atoms with van der Waals surface area (Å²) < 4.78 is 10.9. The number of hydrogen-bond acceptors (Lipinski definition) is 6. The summed E-state index contributed by atoms with van der Waals surface area (Å²) in [7, 11) is -0.775. The molecule has 2 unspecified atom stereocenters. The summed E-state index contributed by atoms with van der Waals surface area (Å²) in [6, 6.07) is 1.79. The highest BCUT2D eigenvalue weighted by Gasteiger charge is 2.05. The lowest BCUT2D eigenvalue weighted by Crippen LogP contribution is -2.19. The zero-order chi connectivity index (χ0) is 12.1. The molecule has 0 radical (unpaired) electrons. The van der Waals surface area contributed by atoms with Crippen molar-refractivity contribution in [1.82, 2.24) is 9.97 Å². The Labute approximate surface area is 97.3 Å². The van der Waals surface area contributed by atoms with E-state index in [1.165, 1.54) is 0 Å². The van der Waals surface area contributed by atoms with Gasteiger partial charge in [-0.15, -0.1) is 0 Å². The van der Waals surface area contributed by atoms with E-state index in [-0.39, 0.29) is 12.0 Å². The first-order valence-corrected chi connectivity index (χ1v) is 6.66. The Morgan fingerprint density at radius 2 is 2.19 bits per heavy atom. The molecule has 90 valence electrons. The van der Waals surface area contributed by atoms with Crippen LogP contribution >= 0.6 is 0 Å². The van der Waals surface area contributed by atoms with Crippen LogP contribution < -0.4 is 16.8 Å². The van der Waals surface area contributed by atoms with Gasteiger partial charge in [-0.2, -0.15) is 9.97 Å². The fraction of sp³-hybridized carbons (Fsp3) is 0.556. The minimum Gasteiger partial charge on any atom is -0.383 e. The number of rotatable bonds is 5. The summed E-state index contributed by atoms with van der Waals surface area (Å²) in [5.41, 5.74) is 11.0. The smallest absolute Gasteiger partial charge is 0.223 e. The first-order valence-electron chi connectivity index (χ1n) is 4.94. The molecular weight excluding hydrogens is 226 g/mol. The van der Waals surface area contributed by atoms with Crippen molar-refractivity contribution in [1.29, 1.82) is 0 Å². The van der Waals surface area contributed by atoms with Crippen LogP contribution in [0, 0.1) is 0 Å². The van der Waals surface area contributed by atoms with E-state index in [2.05, 4.69) is 15.3 Å². The monoisotopic (exact) mass is 243 g/mol. The first kappa shape index (κ1) is 12.7. The maximum Gasteiger partial charge on any atom is 0.223 e. The first-order chi connectivity index (χ1) is 7.47. The Bertz CT molecular complexity index is 364. The van der Waals surface area contributed by atoms with E-state index in [9.17, 15) is 4.21 Å². The van der Waals surface area contributed by atoms with E-state index >= 15 is 0 Å². The lowest BCUT2D eigenvalue weighted by Gasteiger charge is -2.14. The van der Waals surface area contributed by atoms with Crippen molar-refractivity contribution in [2.24, 2.45) is 0 Å². The molecule has 0 saturated carbocycles. The molecule has 6 nitrogen and oxygen atoms in total. The van der Waals surface area contributed by atoms with Gasteiger partial charge in [0.25, 0.3) is 0 Å². The Morgan fingerprint density at radius 3 is 2.75 bits per heavy atom. The van der Waals surface area contributed by atoms with Crippen molar-refractivity contribution >= 4 is 28.4 Å². The molecule has 0 aliphatic carbocycles. The van der Waals surface area contributed by atoms with E-state index in [0.717, 1.165) is 6.42 Å². The summed E-state index contributed by atoms with van der Waals surface area (Å²) in [4.78, 5) is 7.77. The molecule has 2 atom stereocenters. The molecule has 0 spiro atoms. The maximum absolute atomic E-state index is 10.9. The molecule has 0 aromatic carbocycles. The fourth-order valence-electron chi connectivity index (χ4n) is 1.23. The minimum absolute atomic E-state index is 0.147. The average Bonchev–Trinajstić information content (AvgIpc) is 2.12. The molecule has 0 amide bonds. The van der Waals surface area contributed by atoms with Crippen LogP contribution in [-0.4, -0.2) is 32.2 Å². The largest absolute Gasteiger partial charge is 0.383 e. The van der Waals surface area contributed by atoms with Crippen LogP contribution in [0.25, 0.3) is 0 Å². The second-order valence-corrected chi connectivity index (χ2v) is 5.20. The molecule has 0 aliphatic rings. The van der Waals surface area contributed by atoms with E-state index in [1.54, 1.807) is 12.3 Å². The third-order valence-electron chi connectivity index (χ3n) is 2.00. The molecule has 16 heavy (non-hydrogen) atoms. The van der Waals surface area contributed by atoms with Crippen molar-refractivity contribution in [3.8, 4) is 0 Å². The van der Waals surface area contributed by atoms with Crippen LogP contribution in [0.2, 0.25) is 0 Å². The van der Waals surface area contributed by atoms with Crippen molar-refractivity contribution in [3.63, 3.8) is 0 Å². The third-order valence-corrected chi connectivity index (χ3v) is 2.81. The summed E-state index contributed by atoms with van der Waals surface area (Å²) in [6.07, 6.45) is 2.49. The van der Waals surface area contributed by atoms with Crippen LogP contribution in [0.3, 0.4) is 0 Å². The van der Waals surface area contributed by atoms with Gasteiger partial charge in [-0.1, -0.05) is 0 Å². The lowest BCUT2D eigenvalue weighted by molar-refractivity contribution is 0.678. The minimum atomic E-state index is -0.775. The van der Waals surface area contributed by atoms with Gasteiger partial charge in [0.15, 0.2) is 0 Å². The van der Waals surface area contributed by atoms with E-state index < -0.39 is 10.8 Å². The van der Waals surface area contributed by atoms with Gasteiger partial charge in [0.05, 0.1) is 0 Å². The Hall–Kier alpha value is -1.37. The summed E-state index contributed by atoms with van der Waals surface area (Å²) in [5.74, 6) is 1.74. The van der Waals surface area contributed by atoms with Crippen molar-refractivity contribution < 1.29 is 4.21 Å². The normalized spacial score (nSPS) is 14.4. The van der Waals surface area contributed by atoms with Crippen molar-refractivity contribution in [3.05, 3.63) is 6.07 Å². The highest BCUT2D eigenvalue weighted by Crippen LogP contribution is 2.11. The third kappa shape index (κ3) is 4.43. The predicted octanol–water partition coefficient (Wildman–Crippen LogP) is 0.210. The highest BCUT2D eigenvalue weighted by atomic mass is 32.2. The van der Waals surface area contributed by atoms with Gasteiger partial charge in [-0.25, -0.2) is 0 Å². The lowest BCUT2D eigenvalue weighted by atomic mass is 10.2. The second kappa shape index (κ2) is 5.64.